The van der Waals surface area contributed by atoms with Crippen LogP contribution in [-0.2, 0) is 14.8 Å². The molecule has 0 aliphatic rings. The third kappa shape index (κ3) is 3.39. The fraction of sp³-hybridized carbons (Fsp3) is 0.286. The summed E-state index contributed by atoms with van der Waals surface area (Å²) >= 11 is 3.25. The minimum Gasteiger partial charge on any atom is -0.463 e. The predicted molar refractivity (Wildman–Crippen MR) is 91.7 cm³/mol. The van der Waals surface area contributed by atoms with Crippen LogP contribution in [0.25, 0.3) is 11.0 Å². The number of amides is 1. The molecule has 0 saturated heterocycles. The Labute approximate surface area is 146 Å². The number of anilines is 1. The molecule has 130 valence electrons. The number of benzene rings is 1. The zero-order valence-corrected chi connectivity index (χ0v) is 15.5. The van der Waals surface area contributed by atoms with Crippen LogP contribution in [0.3, 0.4) is 0 Å². The molecule has 8 nitrogen and oxygen atoms in total. The van der Waals surface area contributed by atoms with E-state index < -0.39 is 21.9 Å². The lowest BCUT2D eigenvalue weighted by Gasteiger charge is -2.08. The maximum Gasteiger partial charge on any atom is 0.374 e. The number of halogens is 1. The van der Waals surface area contributed by atoms with Gasteiger partial charge < -0.3 is 14.5 Å². The zero-order valence-electron chi connectivity index (χ0n) is 13.1. The van der Waals surface area contributed by atoms with Crippen molar-refractivity contribution in [1.82, 2.24) is 5.32 Å². The van der Waals surface area contributed by atoms with E-state index in [1.54, 1.807) is 0 Å². The van der Waals surface area contributed by atoms with Crippen molar-refractivity contribution in [3.63, 3.8) is 0 Å². The Morgan fingerprint density at radius 3 is 2.54 bits per heavy atom. The molecule has 1 aromatic carbocycles. The van der Waals surface area contributed by atoms with E-state index in [0.717, 1.165) is 0 Å². The van der Waals surface area contributed by atoms with Gasteiger partial charge in [0, 0.05) is 23.0 Å². The fourth-order valence-electron chi connectivity index (χ4n) is 2.02. The van der Waals surface area contributed by atoms with Crippen LogP contribution in [0.15, 0.2) is 21.0 Å². The summed E-state index contributed by atoms with van der Waals surface area (Å²) in [4.78, 5) is 23.9. The number of carbonyl (C=O) groups excluding carboxylic acids is 2. The number of fused-ring (bicyclic) bond motifs is 1. The molecular formula is C14H15BrN2O6S. The number of furan rings is 1. The van der Waals surface area contributed by atoms with Gasteiger partial charge in [0.15, 0.2) is 0 Å². The van der Waals surface area contributed by atoms with Crippen LogP contribution < -0.4 is 10.0 Å². The fourth-order valence-corrected chi connectivity index (χ4v) is 3.24. The summed E-state index contributed by atoms with van der Waals surface area (Å²) in [5, 5.41) is 2.78. The average molecular weight is 419 g/mol. The average Bonchev–Trinajstić information content (AvgIpc) is 2.91. The summed E-state index contributed by atoms with van der Waals surface area (Å²) in [6.07, 6.45) is 0. The molecule has 1 amide bonds. The van der Waals surface area contributed by atoms with Gasteiger partial charge in [0.05, 0.1) is 18.6 Å². The Morgan fingerprint density at radius 2 is 2.00 bits per heavy atom. The Bertz CT molecular complexity index is 919. The maximum absolute atomic E-state index is 12.1. The molecule has 24 heavy (non-hydrogen) atoms. The molecule has 10 heteroatoms. The highest BCUT2D eigenvalue weighted by Gasteiger charge is 2.27. The lowest BCUT2D eigenvalue weighted by Crippen LogP contribution is -2.20. The molecule has 0 spiro atoms. The first-order valence-corrected chi connectivity index (χ1v) is 9.25. The summed E-state index contributed by atoms with van der Waals surface area (Å²) in [5.41, 5.74) is 0.425. The van der Waals surface area contributed by atoms with Crippen molar-refractivity contribution < 1.29 is 27.2 Å². The largest absolute Gasteiger partial charge is 0.463 e. The van der Waals surface area contributed by atoms with Crippen molar-refractivity contribution in [2.75, 3.05) is 24.6 Å². The number of methoxy groups -OCH3 is 1. The topological polar surface area (TPSA) is 115 Å². The third-order valence-corrected chi connectivity index (χ3v) is 5.20. The first-order valence-electron chi connectivity index (χ1n) is 6.81. The van der Waals surface area contributed by atoms with Crippen LogP contribution in [-0.4, -0.2) is 40.2 Å². The second-order valence-electron chi connectivity index (χ2n) is 4.71. The molecule has 0 radical (unpaired) electrons. The molecule has 2 N–H and O–H groups in total. The number of rotatable bonds is 5. The van der Waals surface area contributed by atoms with Gasteiger partial charge in [-0.15, -0.1) is 0 Å². The molecule has 0 saturated carbocycles. The van der Waals surface area contributed by atoms with Gasteiger partial charge in [-0.1, -0.05) is 0 Å². The number of hydrogen-bond acceptors (Lipinski definition) is 6. The lowest BCUT2D eigenvalue weighted by atomic mass is 10.1. The summed E-state index contributed by atoms with van der Waals surface area (Å²) in [7, 11) is -0.917. The number of nitrogens with one attached hydrogen (secondary N) is 2. The molecule has 1 heterocycles. The van der Waals surface area contributed by atoms with Crippen molar-refractivity contribution in [1.29, 1.82) is 0 Å². The molecule has 0 unspecified atom stereocenters. The van der Waals surface area contributed by atoms with Gasteiger partial charge in [-0.25, -0.2) is 13.2 Å². The Balaban J connectivity index is 2.70. The Hall–Kier alpha value is -2.07. The normalized spacial score (nSPS) is 11.3. The Morgan fingerprint density at radius 1 is 1.33 bits per heavy atom. The van der Waals surface area contributed by atoms with E-state index in [0.29, 0.717) is 9.86 Å². The predicted octanol–water partition coefficient (Wildman–Crippen LogP) is 2.10. The number of sulfonamides is 1. The van der Waals surface area contributed by atoms with Crippen LogP contribution in [0.4, 0.5) is 5.69 Å². The van der Waals surface area contributed by atoms with E-state index in [1.807, 2.05) is 0 Å². The van der Waals surface area contributed by atoms with Gasteiger partial charge in [0.1, 0.15) is 11.1 Å². The minimum atomic E-state index is -3.50. The number of carbonyl (C=O) groups is 2. The molecule has 0 aliphatic heterocycles. The maximum atomic E-state index is 12.1. The SMILES string of the molecule is CCS(=O)(=O)Nc1cc2oc(C(=O)OC)c(C(=O)NC)c2cc1Br. The lowest BCUT2D eigenvalue weighted by molar-refractivity contribution is 0.0563. The van der Waals surface area contributed by atoms with Crippen molar-refractivity contribution in [2.24, 2.45) is 0 Å². The van der Waals surface area contributed by atoms with Crippen LogP contribution >= 0.6 is 15.9 Å². The number of esters is 1. The minimum absolute atomic E-state index is 0.0185. The van der Waals surface area contributed by atoms with Crippen LogP contribution in [0.2, 0.25) is 0 Å². The monoisotopic (exact) mass is 418 g/mol. The summed E-state index contributed by atoms with van der Waals surface area (Å²) in [6, 6.07) is 2.90. The van der Waals surface area contributed by atoms with E-state index in [-0.39, 0.29) is 28.3 Å². The third-order valence-electron chi connectivity index (χ3n) is 3.25. The van der Waals surface area contributed by atoms with Gasteiger partial charge in [-0.3, -0.25) is 9.52 Å². The van der Waals surface area contributed by atoms with Gasteiger partial charge in [-0.2, -0.15) is 0 Å². The molecule has 0 bridgehead atoms. The molecule has 1 aromatic heterocycles. The highest BCUT2D eigenvalue weighted by Crippen LogP contribution is 2.34. The summed E-state index contributed by atoms with van der Waals surface area (Å²) in [5.74, 6) is -1.69. The molecular weight excluding hydrogens is 404 g/mol. The standard InChI is InChI=1S/C14H15BrN2O6S/c1-4-24(20,21)17-9-6-10-7(5-8(9)15)11(13(18)16-2)12(23-10)14(19)22-3/h5-6,17H,4H2,1-3H3,(H,16,18). The number of hydrogen-bond donors (Lipinski definition) is 2. The smallest absolute Gasteiger partial charge is 0.374 e. The van der Waals surface area contributed by atoms with Crippen LogP contribution in [0.1, 0.15) is 27.8 Å². The second-order valence-corrected chi connectivity index (χ2v) is 7.58. The van der Waals surface area contributed by atoms with Crippen LogP contribution in [0.5, 0.6) is 0 Å². The zero-order chi connectivity index (χ0) is 18.1. The van der Waals surface area contributed by atoms with Gasteiger partial charge in [0.25, 0.3) is 5.91 Å². The number of ether oxygens (including phenoxy) is 1. The highest BCUT2D eigenvalue weighted by atomic mass is 79.9. The highest BCUT2D eigenvalue weighted by molar-refractivity contribution is 9.10. The summed E-state index contributed by atoms with van der Waals surface area (Å²) in [6.45, 7) is 1.50. The van der Waals surface area contributed by atoms with E-state index in [1.165, 1.54) is 33.2 Å². The van der Waals surface area contributed by atoms with E-state index in [9.17, 15) is 18.0 Å². The van der Waals surface area contributed by atoms with Crippen molar-refractivity contribution in [3.8, 4) is 0 Å². The summed E-state index contributed by atoms with van der Waals surface area (Å²) < 4.78 is 36.3. The molecule has 2 rings (SSSR count). The van der Waals surface area contributed by atoms with E-state index in [4.69, 9.17) is 4.42 Å². The molecule has 0 fully saturated rings. The van der Waals surface area contributed by atoms with Crippen LogP contribution in [0, 0.1) is 0 Å². The van der Waals surface area contributed by atoms with Crippen molar-refractivity contribution >= 4 is 54.5 Å². The first kappa shape index (κ1) is 18.3. The molecule has 2 aromatic rings. The van der Waals surface area contributed by atoms with Gasteiger partial charge in [-0.05, 0) is 28.9 Å². The van der Waals surface area contributed by atoms with E-state index >= 15 is 0 Å². The quantitative estimate of drug-likeness (QED) is 0.718. The van der Waals surface area contributed by atoms with E-state index in [2.05, 4.69) is 30.7 Å². The van der Waals surface area contributed by atoms with Gasteiger partial charge in [0.2, 0.25) is 15.8 Å². The first-order chi connectivity index (χ1) is 11.2. The molecule has 0 aliphatic carbocycles. The van der Waals surface area contributed by atoms with Gasteiger partial charge >= 0.3 is 5.97 Å². The molecule has 0 atom stereocenters. The van der Waals surface area contributed by atoms with Crippen molar-refractivity contribution in [3.05, 3.63) is 27.9 Å². The van der Waals surface area contributed by atoms with Crippen molar-refractivity contribution in [2.45, 2.75) is 6.92 Å². The Kier molecular flexibility index (Phi) is 5.19. The second kappa shape index (κ2) is 6.81.